The molecule has 1 heterocycles. The second-order valence-electron chi connectivity index (χ2n) is 3.62. The number of hydrogen-bond acceptors (Lipinski definition) is 5. The van der Waals surface area contributed by atoms with Gasteiger partial charge in [-0.3, -0.25) is 10.1 Å². The number of carbonyl (C=O) groups is 2. The first-order valence-electron chi connectivity index (χ1n) is 5.41. The zero-order valence-corrected chi connectivity index (χ0v) is 10.8. The average Bonchev–Trinajstić information content (AvgIpc) is 2.89. The maximum absolute atomic E-state index is 13.1. The number of carboxylic acids is 1. The van der Waals surface area contributed by atoms with Gasteiger partial charge in [0.1, 0.15) is 17.1 Å². The molecule has 1 amide bonds. The van der Waals surface area contributed by atoms with Gasteiger partial charge in [0.05, 0.1) is 0 Å². The molecule has 20 heavy (non-hydrogen) atoms. The van der Waals surface area contributed by atoms with Crippen LogP contribution >= 0.6 is 11.3 Å². The van der Waals surface area contributed by atoms with Crippen LogP contribution in [0.25, 0.3) is 0 Å². The van der Waals surface area contributed by atoms with Gasteiger partial charge in [-0.2, -0.15) is 0 Å². The summed E-state index contributed by atoms with van der Waals surface area (Å²) >= 11 is 1.23. The number of nitrogens with one attached hydrogen (secondary N) is 1. The van der Waals surface area contributed by atoms with Gasteiger partial charge in [0.25, 0.3) is 5.91 Å². The quantitative estimate of drug-likeness (QED) is 0.881. The lowest BCUT2D eigenvalue weighted by atomic mass is 10.2. The van der Waals surface area contributed by atoms with Crippen LogP contribution in [0.2, 0.25) is 0 Å². The van der Waals surface area contributed by atoms with Gasteiger partial charge in [-0.05, 0) is 12.1 Å². The highest BCUT2D eigenvalue weighted by molar-refractivity contribution is 7.13. The maximum atomic E-state index is 13.1. The van der Waals surface area contributed by atoms with Crippen LogP contribution in [-0.4, -0.2) is 28.6 Å². The van der Waals surface area contributed by atoms with Crippen LogP contribution in [0.4, 0.5) is 9.52 Å². The molecule has 2 N–H and O–H groups in total. The Labute approximate surface area is 116 Å². The van der Waals surface area contributed by atoms with Crippen LogP contribution in [0.1, 0.15) is 10.4 Å². The van der Waals surface area contributed by atoms with E-state index < -0.39 is 24.3 Å². The maximum Gasteiger partial charge on any atom is 0.339 e. The van der Waals surface area contributed by atoms with Crippen LogP contribution in [0.15, 0.2) is 29.8 Å². The van der Waals surface area contributed by atoms with E-state index in [9.17, 15) is 14.0 Å². The molecule has 1 aromatic carbocycles. The Morgan fingerprint density at radius 3 is 2.90 bits per heavy atom. The van der Waals surface area contributed by atoms with Crippen molar-refractivity contribution in [2.24, 2.45) is 0 Å². The third kappa shape index (κ3) is 3.51. The lowest BCUT2D eigenvalue weighted by Crippen LogP contribution is -2.20. The minimum atomic E-state index is -1.26. The molecule has 0 atom stereocenters. The first-order valence-corrected chi connectivity index (χ1v) is 6.29. The highest BCUT2D eigenvalue weighted by atomic mass is 32.1. The van der Waals surface area contributed by atoms with E-state index in [1.54, 1.807) is 5.38 Å². The number of benzene rings is 1. The van der Waals surface area contributed by atoms with Crippen LogP contribution in [0.5, 0.6) is 5.75 Å². The van der Waals surface area contributed by atoms with Crippen LogP contribution in [0.3, 0.4) is 0 Å². The molecule has 1 aromatic heterocycles. The van der Waals surface area contributed by atoms with Crippen molar-refractivity contribution in [3.63, 3.8) is 0 Å². The molecular formula is C12H9FN2O4S. The van der Waals surface area contributed by atoms with Crippen molar-refractivity contribution in [2.75, 3.05) is 11.9 Å². The smallest absolute Gasteiger partial charge is 0.339 e. The first-order chi connectivity index (χ1) is 9.56. The Hall–Kier alpha value is -2.48. The first kappa shape index (κ1) is 13.9. The largest absolute Gasteiger partial charge is 0.483 e. The molecule has 104 valence electrons. The van der Waals surface area contributed by atoms with E-state index in [1.807, 2.05) is 0 Å². The number of aromatic carboxylic acids is 1. The zero-order chi connectivity index (χ0) is 14.5. The standard InChI is InChI=1S/C12H9FN2O4S/c13-7-1-2-8(11(17)18)9(5-7)19-6-10(16)15-12-14-3-4-20-12/h1-5H,6H2,(H,17,18)(H,14,15,16). The van der Waals surface area contributed by atoms with Gasteiger partial charge in [0.15, 0.2) is 11.7 Å². The summed E-state index contributed by atoms with van der Waals surface area (Å²) in [6.07, 6.45) is 1.52. The molecule has 8 heteroatoms. The van der Waals surface area contributed by atoms with Crippen molar-refractivity contribution in [3.8, 4) is 5.75 Å². The number of nitrogens with zero attached hydrogens (tertiary/aromatic N) is 1. The van der Waals surface area contributed by atoms with Gasteiger partial charge in [-0.15, -0.1) is 11.3 Å². The van der Waals surface area contributed by atoms with Crippen LogP contribution in [0, 0.1) is 5.82 Å². The van der Waals surface area contributed by atoms with E-state index in [0.717, 1.165) is 18.2 Å². The van der Waals surface area contributed by atoms with Gasteiger partial charge < -0.3 is 9.84 Å². The highest BCUT2D eigenvalue weighted by Crippen LogP contribution is 2.20. The van der Waals surface area contributed by atoms with E-state index >= 15 is 0 Å². The lowest BCUT2D eigenvalue weighted by molar-refractivity contribution is -0.118. The predicted octanol–water partition coefficient (Wildman–Crippen LogP) is 2.00. The van der Waals surface area contributed by atoms with Gasteiger partial charge in [0.2, 0.25) is 0 Å². The molecule has 0 aliphatic rings. The van der Waals surface area contributed by atoms with Crippen molar-refractivity contribution in [2.45, 2.75) is 0 Å². The molecule has 0 saturated heterocycles. The van der Waals surface area contributed by atoms with Crippen LogP contribution in [-0.2, 0) is 4.79 Å². The average molecular weight is 296 g/mol. The number of aromatic nitrogens is 1. The van der Waals surface area contributed by atoms with Gasteiger partial charge in [-0.1, -0.05) is 0 Å². The van der Waals surface area contributed by atoms with Crippen LogP contribution < -0.4 is 10.1 Å². The van der Waals surface area contributed by atoms with E-state index in [-0.39, 0.29) is 11.3 Å². The van der Waals surface area contributed by atoms with E-state index in [2.05, 4.69) is 10.3 Å². The molecule has 0 radical (unpaired) electrons. The molecular weight excluding hydrogens is 287 g/mol. The highest BCUT2D eigenvalue weighted by Gasteiger charge is 2.14. The molecule has 0 saturated carbocycles. The third-order valence-corrected chi connectivity index (χ3v) is 2.90. The van der Waals surface area contributed by atoms with E-state index in [1.165, 1.54) is 17.5 Å². The number of hydrogen-bond donors (Lipinski definition) is 2. The molecule has 0 unspecified atom stereocenters. The van der Waals surface area contributed by atoms with Gasteiger partial charge in [0, 0.05) is 17.6 Å². The summed E-state index contributed by atoms with van der Waals surface area (Å²) in [7, 11) is 0. The molecule has 0 bridgehead atoms. The number of carbonyl (C=O) groups excluding carboxylic acids is 1. The number of anilines is 1. The fourth-order valence-corrected chi connectivity index (χ4v) is 1.92. The van der Waals surface area contributed by atoms with Gasteiger partial charge in [-0.25, -0.2) is 14.2 Å². The fraction of sp³-hybridized carbons (Fsp3) is 0.0833. The van der Waals surface area contributed by atoms with Crippen molar-refractivity contribution >= 4 is 28.3 Å². The minimum Gasteiger partial charge on any atom is -0.483 e. The topological polar surface area (TPSA) is 88.5 Å². The molecule has 0 spiro atoms. The molecule has 0 fully saturated rings. The number of rotatable bonds is 5. The Morgan fingerprint density at radius 2 is 2.25 bits per heavy atom. The van der Waals surface area contributed by atoms with Crippen molar-refractivity contribution in [1.29, 1.82) is 0 Å². The van der Waals surface area contributed by atoms with Crippen molar-refractivity contribution in [1.82, 2.24) is 4.98 Å². The second kappa shape index (κ2) is 6.11. The summed E-state index contributed by atoms with van der Waals surface area (Å²) in [6.45, 7) is -0.441. The summed E-state index contributed by atoms with van der Waals surface area (Å²) in [4.78, 5) is 26.3. The predicted molar refractivity (Wildman–Crippen MR) is 69.6 cm³/mol. The SMILES string of the molecule is O=C(COc1cc(F)ccc1C(=O)O)Nc1nccs1. The minimum absolute atomic E-state index is 0.202. The Kier molecular flexibility index (Phi) is 4.26. The summed E-state index contributed by atoms with van der Waals surface area (Å²) in [5.41, 5.74) is -0.214. The lowest BCUT2D eigenvalue weighted by Gasteiger charge is -2.08. The number of ether oxygens (including phenoxy) is 1. The molecule has 2 rings (SSSR count). The Morgan fingerprint density at radius 1 is 1.45 bits per heavy atom. The molecule has 0 aliphatic heterocycles. The molecule has 2 aromatic rings. The van der Waals surface area contributed by atoms with E-state index in [4.69, 9.17) is 9.84 Å². The summed E-state index contributed by atoms with van der Waals surface area (Å²) in [5.74, 6) is -2.63. The summed E-state index contributed by atoms with van der Waals surface area (Å²) in [5, 5.41) is 13.5. The van der Waals surface area contributed by atoms with Crippen molar-refractivity contribution < 1.29 is 23.8 Å². The number of halogens is 1. The third-order valence-electron chi connectivity index (χ3n) is 2.21. The second-order valence-corrected chi connectivity index (χ2v) is 4.51. The van der Waals surface area contributed by atoms with E-state index in [0.29, 0.717) is 5.13 Å². The van der Waals surface area contributed by atoms with Crippen molar-refractivity contribution in [3.05, 3.63) is 41.2 Å². The number of thiazole rings is 1. The molecule has 6 nitrogen and oxygen atoms in total. The molecule has 0 aliphatic carbocycles. The fourth-order valence-electron chi connectivity index (χ4n) is 1.38. The Bertz CT molecular complexity index is 630. The number of amides is 1. The normalized spacial score (nSPS) is 10.1. The number of carboxylic acid groups (broad SMARTS) is 1. The Balaban J connectivity index is 2.01. The zero-order valence-electron chi connectivity index (χ0n) is 10.00. The van der Waals surface area contributed by atoms with Gasteiger partial charge >= 0.3 is 5.97 Å². The summed E-state index contributed by atoms with van der Waals surface area (Å²) in [6, 6.07) is 3.00. The monoisotopic (exact) mass is 296 g/mol. The summed E-state index contributed by atoms with van der Waals surface area (Å²) < 4.78 is 18.1.